The van der Waals surface area contributed by atoms with E-state index in [2.05, 4.69) is 22.0 Å². The third-order valence-electron chi connectivity index (χ3n) is 4.75. The lowest BCUT2D eigenvalue weighted by Crippen LogP contribution is -2.46. The molecule has 0 atom stereocenters. The molecule has 0 bridgehead atoms. The molecule has 1 saturated heterocycles. The normalized spacial score (nSPS) is 14.8. The number of piperazine rings is 1. The van der Waals surface area contributed by atoms with Crippen LogP contribution >= 0.6 is 0 Å². The average Bonchev–Trinajstić information content (AvgIpc) is 2.70. The van der Waals surface area contributed by atoms with Crippen molar-refractivity contribution in [3.05, 3.63) is 54.3 Å². The topological polar surface area (TPSA) is 44.8 Å². The highest BCUT2D eigenvalue weighted by atomic mass is 19.1. The SMILES string of the molecule is CCN1CCN(c2ccccc2NC(=O)CCOc2ccc(F)cc2)CC1. The smallest absolute Gasteiger partial charge is 0.227 e. The largest absolute Gasteiger partial charge is 0.493 e. The summed E-state index contributed by atoms with van der Waals surface area (Å²) >= 11 is 0. The van der Waals surface area contributed by atoms with Crippen LogP contribution in [0.1, 0.15) is 13.3 Å². The van der Waals surface area contributed by atoms with Crippen LogP contribution in [0.5, 0.6) is 5.75 Å². The summed E-state index contributed by atoms with van der Waals surface area (Å²) in [4.78, 5) is 17.0. The Morgan fingerprint density at radius 2 is 1.78 bits per heavy atom. The van der Waals surface area contributed by atoms with Crippen LogP contribution in [0.3, 0.4) is 0 Å². The number of amides is 1. The van der Waals surface area contributed by atoms with Crippen LogP contribution < -0.4 is 15.0 Å². The molecule has 0 aromatic heterocycles. The number of rotatable bonds is 7. The molecule has 0 radical (unpaired) electrons. The van der Waals surface area contributed by atoms with Crippen LogP contribution in [0.15, 0.2) is 48.5 Å². The number of likely N-dealkylation sites (N-methyl/N-ethyl adjacent to an activating group) is 1. The summed E-state index contributed by atoms with van der Waals surface area (Å²) in [5.74, 6) is 0.145. The van der Waals surface area contributed by atoms with E-state index in [1.807, 2.05) is 24.3 Å². The number of carbonyl (C=O) groups excluding carboxylic acids is 1. The van der Waals surface area contributed by atoms with E-state index in [0.29, 0.717) is 5.75 Å². The molecular formula is C21H26FN3O2. The van der Waals surface area contributed by atoms with Gasteiger partial charge in [0.15, 0.2) is 0 Å². The van der Waals surface area contributed by atoms with Crippen molar-refractivity contribution < 1.29 is 13.9 Å². The number of benzene rings is 2. The second-order valence-electron chi connectivity index (χ2n) is 6.54. The maximum atomic E-state index is 12.9. The molecule has 3 rings (SSSR count). The number of para-hydroxylation sites is 2. The predicted octanol–water partition coefficient (Wildman–Crippen LogP) is 3.38. The first-order valence-electron chi connectivity index (χ1n) is 9.40. The molecule has 1 N–H and O–H groups in total. The first-order valence-corrected chi connectivity index (χ1v) is 9.40. The number of anilines is 2. The molecule has 0 spiro atoms. The van der Waals surface area contributed by atoms with Crippen LogP contribution in [0, 0.1) is 5.82 Å². The summed E-state index contributed by atoms with van der Waals surface area (Å²) in [5, 5.41) is 2.99. The minimum Gasteiger partial charge on any atom is -0.493 e. The highest BCUT2D eigenvalue weighted by Gasteiger charge is 2.18. The zero-order valence-corrected chi connectivity index (χ0v) is 15.7. The zero-order valence-electron chi connectivity index (χ0n) is 15.7. The summed E-state index contributed by atoms with van der Waals surface area (Å²) in [5.41, 5.74) is 1.88. The Kier molecular flexibility index (Phi) is 6.65. The second-order valence-corrected chi connectivity index (χ2v) is 6.54. The van der Waals surface area contributed by atoms with Gasteiger partial charge in [-0.2, -0.15) is 0 Å². The third-order valence-corrected chi connectivity index (χ3v) is 4.75. The van der Waals surface area contributed by atoms with Crippen molar-refractivity contribution in [2.45, 2.75) is 13.3 Å². The lowest BCUT2D eigenvalue weighted by Gasteiger charge is -2.36. The number of halogens is 1. The van der Waals surface area contributed by atoms with Gasteiger partial charge in [0.05, 0.1) is 24.4 Å². The Morgan fingerprint density at radius 1 is 1.07 bits per heavy atom. The molecule has 5 nitrogen and oxygen atoms in total. The lowest BCUT2D eigenvalue weighted by molar-refractivity contribution is -0.116. The van der Waals surface area contributed by atoms with Gasteiger partial charge < -0.3 is 19.9 Å². The highest BCUT2D eigenvalue weighted by Crippen LogP contribution is 2.26. The van der Waals surface area contributed by atoms with Crippen LogP contribution in [0.2, 0.25) is 0 Å². The molecule has 1 amide bonds. The predicted molar refractivity (Wildman–Crippen MR) is 106 cm³/mol. The standard InChI is InChI=1S/C21H26FN3O2/c1-2-24-12-14-25(15-13-24)20-6-4-3-5-19(20)23-21(26)11-16-27-18-9-7-17(22)8-10-18/h3-10H,2,11-16H2,1H3,(H,23,26). The maximum absolute atomic E-state index is 12.9. The molecule has 144 valence electrons. The van der Waals surface area contributed by atoms with E-state index >= 15 is 0 Å². The van der Waals surface area contributed by atoms with Crippen molar-refractivity contribution in [1.82, 2.24) is 4.90 Å². The van der Waals surface area contributed by atoms with Gasteiger partial charge in [0, 0.05) is 26.2 Å². The van der Waals surface area contributed by atoms with E-state index in [4.69, 9.17) is 4.74 Å². The fourth-order valence-electron chi connectivity index (χ4n) is 3.17. The fraction of sp³-hybridized carbons (Fsp3) is 0.381. The van der Waals surface area contributed by atoms with Gasteiger partial charge in [-0.3, -0.25) is 4.79 Å². The van der Waals surface area contributed by atoms with Gasteiger partial charge in [-0.25, -0.2) is 4.39 Å². The van der Waals surface area contributed by atoms with Crippen molar-refractivity contribution in [2.24, 2.45) is 0 Å². The second kappa shape index (κ2) is 9.37. The number of hydrogen-bond acceptors (Lipinski definition) is 4. The molecule has 1 aliphatic rings. The lowest BCUT2D eigenvalue weighted by atomic mass is 10.2. The monoisotopic (exact) mass is 371 g/mol. The Balaban J connectivity index is 1.52. The molecule has 0 saturated carbocycles. The van der Waals surface area contributed by atoms with Crippen molar-refractivity contribution in [3.8, 4) is 5.75 Å². The summed E-state index contributed by atoms with van der Waals surface area (Å²) in [6, 6.07) is 13.7. The van der Waals surface area contributed by atoms with Gasteiger partial charge in [0.1, 0.15) is 11.6 Å². The summed E-state index contributed by atoms with van der Waals surface area (Å²) in [7, 11) is 0. The Labute approximate surface area is 159 Å². The first kappa shape index (κ1) is 19.2. The highest BCUT2D eigenvalue weighted by molar-refractivity contribution is 5.94. The Bertz CT molecular complexity index is 743. The van der Waals surface area contributed by atoms with E-state index < -0.39 is 0 Å². The third kappa shape index (κ3) is 5.44. The molecule has 6 heteroatoms. The minimum atomic E-state index is -0.309. The van der Waals surface area contributed by atoms with Gasteiger partial charge in [0.25, 0.3) is 0 Å². The van der Waals surface area contributed by atoms with Crippen LogP contribution in [0.4, 0.5) is 15.8 Å². The molecule has 27 heavy (non-hydrogen) atoms. The summed E-state index contributed by atoms with van der Waals surface area (Å²) in [6.45, 7) is 7.46. The number of ether oxygens (including phenoxy) is 1. The van der Waals surface area contributed by atoms with Gasteiger partial charge in [-0.1, -0.05) is 19.1 Å². The van der Waals surface area contributed by atoms with Crippen LogP contribution in [-0.2, 0) is 4.79 Å². The van der Waals surface area contributed by atoms with Crippen molar-refractivity contribution >= 4 is 17.3 Å². The van der Waals surface area contributed by atoms with E-state index in [0.717, 1.165) is 44.1 Å². The molecule has 0 aliphatic carbocycles. The Morgan fingerprint density at radius 3 is 2.48 bits per heavy atom. The zero-order chi connectivity index (χ0) is 19.1. The van der Waals surface area contributed by atoms with Gasteiger partial charge in [-0.15, -0.1) is 0 Å². The molecule has 1 aliphatic heterocycles. The van der Waals surface area contributed by atoms with Crippen molar-refractivity contribution in [2.75, 3.05) is 49.5 Å². The van der Waals surface area contributed by atoms with E-state index in [1.165, 1.54) is 12.1 Å². The summed E-state index contributed by atoms with van der Waals surface area (Å²) in [6.07, 6.45) is 0.231. The average molecular weight is 371 g/mol. The maximum Gasteiger partial charge on any atom is 0.227 e. The fourth-order valence-corrected chi connectivity index (χ4v) is 3.17. The molecule has 2 aromatic carbocycles. The van der Waals surface area contributed by atoms with Crippen LogP contribution in [-0.4, -0.2) is 50.1 Å². The van der Waals surface area contributed by atoms with Crippen molar-refractivity contribution in [3.63, 3.8) is 0 Å². The van der Waals surface area contributed by atoms with E-state index in [1.54, 1.807) is 12.1 Å². The quantitative estimate of drug-likeness (QED) is 0.811. The van der Waals surface area contributed by atoms with Crippen LogP contribution in [0.25, 0.3) is 0 Å². The minimum absolute atomic E-state index is 0.100. The molecule has 1 fully saturated rings. The first-order chi connectivity index (χ1) is 13.2. The number of hydrogen-bond donors (Lipinski definition) is 1. The molecule has 0 unspecified atom stereocenters. The number of nitrogens with one attached hydrogen (secondary N) is 1. The Hall–Kier alpha value is -2.60. The van der Waals surface area contributed by atoms with E-state index in [9.17, 15) is 9.18 Å². The van der Waals surface area contributed by atoms with Gasteiger partial charge >= 0.3 is 0 Å². The molecule has 1 heterocycles. The number of nitrogens with zero attached hydrogens (tertiary/aromatic N) is 2. The number of carbonyl (C=O) groups is 1. The molecular weight excluding hydrogens is 345 g/mol. The van der Waals surface area contributed by atoms with Gasteiger partial charge in [0.2, 0.25) is 5.91 Å². The molecule has 2 aromatic rings. The van der Waals surface area contributed by atoms with Crippen molar-refractivity contribution in [1.29, 1.82) is 0 Å². The van der Waals surface area contributed by atoms with Gasteiger partial charge in [-0.05, 0) is 42.9 Å². The summed E-state index contributed by atoms with van der Waals surface area (Å²) < 4.78 is 18.4. The van der Waals surface area contributed by atoms with E-state index in [-0.39, 0.29) is 24.8 Å².